The summed E-state index contributed by atoms with van der Waals surface area (Å²) in [5.74, 6) is -1.21. The summed E-state index contributed by atoms with van der Waals surface area (Å²) < 4.78 is 0. The molecule has 1 rings (SSSR count). The maximum Gasteiger partial charge on any atom is 0.309 e. The first-order valence-electron chi connectivity index (χ1n) is 10.9. The van der Waals surface area contributed by atoms with Crippen LogP contribution < -0.4 is 0 Å². The number of rotatable bonds is 14. The molecule has 170 valence electrons. The van der Waals surface area contributed by atoms with Gasteiger partial charge in [0.15, 0.2) is 0 Å². The molecule has 1 aromatic carbocycles. The molecule has 0 amide bonds. The van der Waals surface area contributed by atoms with Gasteiger partial charge < -0.3 is 20.4 Å². The normalized spacial score (nSPS) is 12.1. The Morgan fingerprint density at radius 1 is 0.700 bits per heavy atom. The van der Waals surface area contributed by atoms with Crippen LogP contribution in [0.4, 0.5) is 0 Å². The molecule has 0 fully saturated rings. The summed E-state index contributed by atoms with van der Waals surface area (Å²) in [6, 6.07) is 3.19. The number of hydrogen-bond acceptors (Lipinski definition) is 4. The third kappa shape index (κ3) is 8.25. The van der Waals surface area contributed by atoms with E-state index in [1.54, 1.807) is 39.8 Å². The minimum atomic E-state index is -0.788. The van der Waals surface area contributed by atoms with Gasteiger partial charge in [0.1, 0.15) is 11.5 Å². The molecule has 0 spiro atoms. The molecule has 0 unspecified atom stereocenters. The number of aliphatic carboxylic acids is 2. The van der Waals surface area contributed by atoms with E-state index in [1.807, 2.05) is 0 Å². The van der Waals surface area contributed by atoms with Crippen LogP contribution >= 0.6 is 0 Å². The van der Waals surface area contributed by atoms with Gasteiger partial charge in [-0.15, -0.1) is 0 Å². The van der Waals surface area contributed by atoms with Crippen molar-refractivity contribution in [2.24, 2.45) is 10.8 Å². The molecule has 6 heteroatoms. The molecular formula is C24H38O6. The number of unbranched alkanes of at least 4 members (excludes halogenated alkanes) is 4. The van der Waals surface area contributed by atoms with Crippen LogP contribution in [0.5, 0.6) is 11.5 Å². The number of aryl methyl sites for hydroxylation is 2. The van der Waals surface area contributed by atoms with Crippen molar-refractivity contribution >= 4 is 11.9 Å². The molecule has 1 aromatic rings. The van der Waals surface area contributed by atoms with E-state index in [9.17, 15) is 19.8 Å². The fourth-order valence-electron chi connectivity index (χ4n) is 3.45. The van der Waals surface area contributed by atoms with Gasteiger partial charge in [-0.1, -0.05) is 25.7 Å². The zero-order valence-corrected chi connectivity index (χ0v) is 18.8. The van der Waals surface area contributed by atoms with Gasteiger partial charge in [0.25, 0.3) is 0 Å². The van der Waals surface area contributed by atoms with Gasteiger partial charge in [0.2, 0.25) is 0 Å². The van der Waals surface area contributed by atoms with Gasteiger partial charge >= 0.3 is 11.9 Å². The van der Waals surface area contributed by atoms with E-state index in [-0.39, 0.29) is 11.5 Å². The van der Waals surface area contributed by atoms with Crippen LogP contribution in [-0.4, -0.2) is 32.4 Å². The molecule has 30 heavy (non-hydrogen) atoms. The van der Waals surface area contributed by atoms with Crippen LogP contribution in [-0.2, 0) is 22.4 Å². The van der Waals surface area contributed by atoms with Crippen molar-refractivity contribution in [1.29, 1.82) is 0 Å². The van der Waals surface area contributed by atoms with E-state index in [1.165, 1.54) is 0 Å². The molecule has 0 bridgehead atoms. The highest BCUT2D eigenvalue weighted by molar-refractivity contribution is 5.73. The van der Waals surface area contributed by atoms with E-state index in [2.05, 4.69) is 0 Å². The summed E-state index contributed by atoms with van der Waals surface area (Å²) in [7, 11) is 0. The second kappa shape index (κ2) is 11.2. The third-order valence-electron chi connectivity index (χ3n) is 5.91. The summed E-state index contributed by atoms with van der Waals surface area (Å²) in [6.07, 6.45) is 7.45. The Kier molecular flexibility index (Phi) is 9.66. The molecule has 0 aliphatic heterocycles. The van der Waals surface area contributed by atoms with Crippen molar-refractivity contribution in [3.8, 4) is 11.5 Å². The lowest BCUT2D eigenvalue weighted by Gasteiger charge is -2.18. The second-order valence-corrected chi connectivity index (χ2v) is 9.61. The SMILES string of the molecule is CC(C)(CCCCCc1cc(O)cc(CCCCCC(C)(C)C(=O)O)c1O)C(=O)O. The zero-order chi connectivity index (χ0) is 22.9. The molecule has 0 heterocycles. The Morgan fingerprint density at radius 3 is 1.40 bits per heavy atom. The quantitative estimate of drug-likeness (QED) is 0.232. The van der Waals surface area contributed by atoms with Gasteiger partial charge in [-0.2, -0.15) is 0 Å². The van der Waals surface area contributed by atoms with E-state index < -0.39 is 22.8 Å². The monoisotopic (exact) mass is 422 g/mol. The Morgan fingerprint density at radius 2 is 1.07 bits per heavy atom. The largest absolute Gasteiger partial charge is 0.508 e. The predicted molar refractivity (Wildman–Crippen MR) is 117 cm³/mol. The topological polar surface area (TPSA) is 115 Å². The summed E-state index contributed by atoms with van der Waals surface area (Å²) >= 11 is 0. The van der Waals surface area contributed by atoms with Crippen LogP contribution in [0.3, 0.4) is 0 Å². The van der Waals surface area contributed by atoms with E-state index in [0.717, 1.165) is 49.7 Å². The standard InChI is InChI=1S/C24H38O6/c1-23(2,21(27)28)13-9-5-7-11-17-15-19(25)16-18(20(17)26)12-8-6-10-14-24(3,4)22(29)30/h15-16,25-26H,5-14H2,1-4H3,(H,27,28)(H,29,30). The second-order valence-electron chi connectivity index (χ2n) is 9.61. The summed E-state index contributed by atoms with van der Waals surface area (Å²) in [5, 5.41) is 38.9. The van der Waals surface area contributed by atoms with Crippen LogP contribution in [0.25, 0.3) is 0 Å². The van der Waals surface area contributed by atoms with Crippen molar-refractivity contribution in [3.05, 3.63) is 23.3 Å². The Hall–Kier alpha value is -2.24. The molecule has 0 radical (unpaired) electrons. The lowest BCUT2D eigenvalue weighted by molar-refractivity contribution is -0.148. The third-order valence-corrected chi connectivity index (χ3v) is 5.91. The Balaban J connectivity index is 2.49. The fraction of sp³-hybridized carbons (Fsp3) is 0.667. The van der Waals surface area contributed by atoms with Gasteiger partial charge in [-0.05, 0) is 89.5 Å². The molecule has 0 saturated heterocycles. The molecule has 0 saturated carbocycles. The van der Waals surface area contributed by atoms with E-state index in [4.69, 9.17) is 10.2 Å². The van der Waals surface area contributed by atoms with Gasteiger partial charge in [-0.3, -0.25) is 9.59 Å². The summed E-state index contributed by atoms with van der Waals surface area (Å²) in [5.41, 5.74) is -0.0102. The van der Waals surface area contributed by atoms with Crippen LogP contribution in [0.15, 0.2) is 12.1 Å². The highest BCUT2D eigenvalue weighted by Crippen LogP contribution is 2.32. The lowest BCUT2D eigenvalue weighted by Crippen LogP contribution is -2.23. The molecule has 0 aliphatic rings. The molecule has 0 atom stereocenters. The number of carboxylic acid groups (broad SMARTS) is 2. The fourth-order valence-corrected chi connectivity index (χ4v) is 3.45. The van der Waals surface area contributed by atoms with Crippen molar-refractivity contribution < 1.29 is 30.0 Å². The number of phenols is 2. The molecular weight excluding hydrogens is 384 g/mol. The number of benzene rings is 1. The smallest absolute Gasteiger partial charge is 0.309 e. The van der Waals surface area contributed by atoms with Crippen LogP contribution in [0, 0.1) is 10.8 Å². The minimum absolute atomic E-state index is 0.136. The first-order valence-corrected chi connectivity index (χ1v) is 10.9. The number of aromatic hydroxyl groups is 2. The first-order chi connectivity index (χ1) is 13.9. The lowest BCUT2D eigenvalue weighted by atomic mass is 9.86. The van der Waals surface area contributed by atoms with Crippen molar-refractivity contribution in [2.75, 3.05) is 0 Å². The average Bonchev–Trinajstić information content (AvgIpc) is 2.63. The van der Waals surface area contributed by atoms with Crippen LogP contribution in [0.1, 0.15) is 90.2 Å². The Labute approximate surface area is 180 Å². The molecule has 4 N–H and O–H groups in total. The minimum Gasteiger partial charge on any atom is -0.508 e. The highest BCUT2D eigenvalue weighted by Gasteiger charge is 2.26. The summed E-state index contributed by atoms with van der Waals surface area (Å²) in [6.45, 7) is 6.91. The van der Waals surface area contributed by atoms with E-state index >= 15 is 0 Å². The van der Waals surface area contributed by atoms with Crippen LogP contribution in [0.2, 0.25) is 0 Å². The van der Waals surface area contributed by atoms with E-state index in [0.29, 0.717) is 25.7 Å². The van der Waals surface area contributed by atoms with Crippen molar-refractivity contribution in [3.63, 3.8) is 0 Å². The highest BCUT2D eigenvalue weighted by atomic mass is 16.4. The van der Waals surface area contributed by atoms with Gasteiger partial charge in [0, 0.05) is 0 Å². The molecule has 6 nitrogen and oxygen atoms in total. The summed E-state index contributed by atoms with van der Waals surface area (Å²) in [4.78, 5) is 22.3. The number of phenolic OH excluding ortho intramolecular Hbond substituents is 2. The van der Waals surface area contributed by atoms with Crippen molar-refractivity contribution in [2.45, 2.75) is 91.9 Å². The maximum atomic E-state index is 11.1. The zero-order valence-electron chi connectivity index (χ0n) is 18.8. The molecule has 0 aromatic heterocycles. The van der Waals surface area contributed by atoms with Gasteiger partial charge in [-0.25, -0.2) is 0 Å². The maximum absolute atomic E-state index is 11.1. The Bertz CT molecular complexity index is 663. The number of carbonyl (C=O) groups is 2. The van der Waals surface area contributed by atoms with Gasteiger partial charge in [0.05, 0.1) is 10.8 Å². The molecule has 0 aliphatic carbocycles. The number of carboxylic acids is 2. The predicted octanol–water partition coefficient (Wildman–Crippen LogP) is 5.53. The van der Waals surface area contributed by atoms with Crippen molar-refractivity contribution in [1.82, 2.24) is 0 Å². The number of hydrogen-bond donors (Lipinski definition) is 4. The average molecular weight is 423 g/mol. The first kappa shape index (κ1) is 25.8.